The summed E-state index contributed by atoms with van der Waals surface area (Å²) in [4.78, 5) is 32.4. The molecule has 38 heavy (non-hydrogen) atoms. The van der Waals surface area contributed by atoms with Crippen LogP contribution in [0.2, 0.25) is 0 Å². The molecule has 0 aromatic heterocycles. The van der Waals surface area contributed by atoms with E-state index in [2.05, 4.69) is 27.2 Å². The highest BCUT2D eigenvalue weighted by atomic mass is 19.4. The molecule has 0 spiro atoms. The van der Waals surface area contributed by atoms with Gasteiger partial charge < -0.3 is 10.1 Å². The molecule has 0 aliphatic carbocycles. The smallest absolute Gasteiger partial charge is 0.416 e. The van der Waals surface area contributed by atoms with E-state index in [1.807, 2.05) is 25.1 Å². The number of carbonyl (C=O) groups is 2. The number of alkyl halides is 3. The molecule has 0 bridgehead atoms. The van der Waals surface area contributed by atoms with Crippen LogP contribution in [0.25, 0.3) is 0 Å². The van der Waals surface area contributed by atoms with E-state index in [0.29, 0.717) is 24.4 Å². The molecule has 1 unspecified atom stereocenters. The van der Waals surface area contributed by atoms with Gasteiger partial charge in [-0.2, -0.15) is 13.2 Å². The number of piperazine rings is 1. The molecule has 2 aliphatic rings. The first-order valence-electron chi connectivity index (χ1n) is 12.8. The predicted octanol–water partition coefficient (Wildman–Crippen LogP) is 4.43. The van der Waals surface area contributed by atoms with Crippen molar-refractivity contribution in [3.63, 3.8) is 0 Å². The highest BCUT2D eigenvalue weighted by molar-refractivity contribution is 5.95. The number of nitrogens with one attached hydrogen (secondary N) is 1. The Bertz CT molecular complexity index is 1140. The first kappa shape index (κ1) is 27.7. The third-order valence-electron chi connectivity index (χ3n) is 6.91. The molecular formula is C28H33F3N4O3. The number of halogens is 3. The number of carbonyl (C=O) groups excluding carboxylic acids is 2. The fourth-order valence-corrected chi connectivity index (χ4v) is 4.93. The Labute approximate surface area is 220 Å². The number of ether oxygens (including phenoxy) is 1. The van der Waals surface area contributed by atoms with Crippen LogP contribution in [0.4, 0.5) is 18.0 Å². The lowest BCUT2D eigenvalue weighted by atomic mass is 9.93. The summed E-state index contributed by atoms with van der Waals surface area (Å²) in [7, 11) is 0. The normalized spacial score (nSPS) is 19.4. The first-order valence-corrected chi connectivity index (χ1v) is 12.8. The molecule has 1 fully saturated rings. The Hall–Kier alpha value is -3.37. The number of urea groups is 1. The Morgan fingerprint density at radius 3 is 2.11 bits per heavy atom. The molecule has 2 aliphatic heterocycles. The van der Waals surface area contributed by atoms with Crippen molar-refractivity contribution in [2.75, 3.05) is 45.9 Å². The van der Waals surface area contributed by atoms with Gasteiger partial charge in [-0.05, 0) is 37.1 Å². The van der Waals surface area contributed by atoms with Crippen LogP contribution in [0.15, 0.2) is 65.9 Å². The van der Waals surface area contributed by atoms with Crippen LogP contribution >= 0.6 is 0 Å². The summed E-state index contributed by atoms with van der Waals surface area (Å²) in [5.74, 6) is -0.589. The molecule has 0 radical (unpaired) electrons. The average molecular weight is 531 g/mol. The Balaban J connectivity index is 1.60. The molecule has 7 nitrogen and oxygen atoms in total. The van der Waals surface area contributed by atoms with Gasteiger partial charge >= 0.3 is 18.2 Å². The summed E-state index contributed by atoms with van der Waals surface area (Å²) in [6.45, 7) is 8.33. The summed E-state index contributed by atoms with van der Waals surface area (Å²) in [6.07, 6.45) is -4.49. The van der Waals surface area contributed by atoms with Crippen molar-refractivity contribution >= 4 is 12.0 Å². The molecule has 10 heteroatoms. The molecule has 1 saturated heterocycles. The van der Waals surface area contributed by atoms with Gasteiger partial charge in [-0.1, -0.05) is 42.5 Å². The lowest BCUT2D eigenvalue weighted by Gasteiger charge is -2.40. The maximum absolute atomic E-state index is 13.2. The van der Waals surface area contributed by atoms with Crippen molar-refractivity contribution in [1.82, 2.24) is 20.0 Å². The molecule has 2 amide bonds. The number of rotatable bonds is 8. The van der Waals surface area contributed by atoms with Crippen LogP contribution in [0.1, 0.15) is 36.6 Å². The monoisotopic (exact) mass is 530 g/mol. The van der Waals surface area contributed by atoms with Crippen molar-refractivity contribution in [1.29, 1.82) is 0 Å². The van der Waals surface area contributed by atoms with Crippen LogP contribution in [-0.4, -0.2) is 72.6 Å². The largest absolute Gasteiger partial charge is 0.463 e. The van der Waals surface area contributed by atoms with E-state index in [1.165, 1.54) is 22.6 Å². The summed E-state index contributed by atoms with van der Waals surface area (Å²) >= 11 is 0. The summed E-state index contributed by atoms with van der Waals surface area (Å²) in [6, 6.07) is 13.4. The quantitative estimate of drug-likeness (QED) is 0.512. The highest BCUT2D eigenvalue weighted by Gasteiger charge is 2.39. The standard InChI is InChI=1S/C28H33F3N4O3/c1-3-35-23(19-34-16-14-33(15-17-34)18-20-8-6-5-7-9-20)24(26(36)38-4-2)25(32-27(35)37)21-10-12-22(13-11-21)28(29,30)31/h5-13,25H,3-4,14-19H2,1-2H3,(H,32,37). The molecule has 2 heterocycles. The Kier molecular flexibility index (Phi) is 8.73. The van der Waals surface area contributed by atoms with E-state index in [-0.39, 0.29) is 12.2 Å². The molecule has 2 aromatic rings. The number of esters is 1. The third kappa shape index (κ3) is 6.36. The van der Waals surface area contributed by atoms with Crippen molar-refractivity contribution in [2.45, 2.75) is 32.6 Å². The maximum atomic E-state index is 13.2. The van der Waals surface area contributed by atoms with Crippen LogP contribution in [0, 0.1) is 0 Å². The van der Waals surface area contributed by atoms with Crippen LogP contribution in [0.5, 0.6) is 0 Å². The molecule has 1 N–H and O–H groups in total. The van der Waals surface area contributed by atoms with Crippen molar-refractivity contribution < 1.29 is 27.5 Å². The number of hydrogen-bond donors (Lipinski definition) is 1. The van der Waals surface area contributed by atoms with E-state index in [0.717, 1.165) is 44.9 Å². The van der Waals surface area contributed by atoms with E-state index >= 15 is 0 Å². The molecule has 2 aromatic carbocycles. The predicted molar refractivity (Wildman–Crippen MR) is 137 cm³/mol. The minimum Gasteiger partial charge on any atom is -0.463 e. The van der Waals surface area contributed by atoms with Gasteiger partial charge in [-0.15, -0.1) is 0 Å². The third-order valence-corrected chi connectivity index (χ3v) is 6.91. The fourth-order valence-electron chi connectivity index (χ4n) is 4.93. The first-order chi connectivity index (χ1) is 18.2. The molecule has 1 atom stereocenters. The average Bonchev–Trinajstić information content (AvgIpc) is 2.90. The lowest BCUT2D eigenvalue weighted by Crippen LogP contribution is -2.53. The Morgan fingerprint density at radius 2 is 1.55 bits per heavy atom. The number of likely N-dealkylation sites (N-methyl/N-ethyl adjacent to an activating group) is 1. The molecule has 0 saturated carbocycles. The van der Waals surface area contributed by atoms with E-state index < -0.39 is 29.8 Å². The zero-order valence-corrected chi connectivity index (χ0v) is 21.6. The van der Waals surface area contributed by atoms with Crippen molar-refractivity contribution in [2.24, 2.45) is 0 Å². The Morgan fingerprint density at radius 1 is 0.947 bits per heavy atom. The topological polar surface area (TPSA) is 65.1 Å². The second kappa shape index (κ2) is 12.0. The van der Waals surface area contributed by atoms with Crippen LogP contribution < -0.4 is 5.32 Å². The van der Waals surface area contributed by atoms with E-state index in [9.17, 15) is 22.8 Å². The lowest BCUT2D eigenvalue weighted by molar-refractivity contribution is -0.139. The van der Waals surface area contributed by atoms with Crippen LogP contribution in [-0.2, 0) is 22.3 Å². The van der Waals surface area contributed by atoms with Crippen molar-refractivity contribution in [3.05, 3.63) is 82.6 Å². The highest BCUT2D eigenvalue weighted by Crippen LogP contribution is 2.35. The molecule has 4 rings (SSSR count). The number of amides is 2. The molecular weight excluding hydrogens is 497 g/mol. The second-order valence-electron chi connectivity index (χ2n) is 9.37. The number of benzene rings is 2. The number of hydrogen-bond acceptors (Lipinski definition) is 5. The van der Waals surface area contributed by atoms with Gasteiger partial charge in [-0.25, -0.2) is 9.59 Å². The van der Waals surface area contributed by atoms with E-state index in [4.69, 9.17) is 4.74 Å². The summed E-state index contributed by atoms with van der Waals surface area (Å²) in [5.41, 5.74) is 1.61. The zero-order valence-electron chi connectivity index (χ0n) is 21.6. The minimum atomic E-state index is -4.49. The van der Waals surface area contributed by atoms with Gasteiger partial charge in [0.2, 0.25) is 0 Å². The van der Waals surface area contributed by atoms with Crippen LogP contribution in [0.3, 0.4) is 0 Å². The minimum absolute atomic E-state index is 0.133. The maximum Gasteiger partial charge on any atom is 0.416 e. The van der Waals surface area contributed by atoms with Gasteiger partial charge in [-0.3, -0.25) is 14.7 Å². The molecule has 204 valence electrons. The van der Waals surface area contributed by atoms with E-state index in [1.54, 1.807) is 6.92 Å². The van der Waals surface area contributed by atoms with Gasteiger partial charge in [0.05, 0.1) is 23.8 Å². The van der Waals surface area contributed by atoms with Gasteiger partial charge in [0.15, 0.2) is 0 Å². The SMILES string of the molecule is CCOC(=O)C1=C(CN2CCN(Cc3ccccc3)CC2)N(CC)C(=O)NC1c1ccc(C(F)(F)F)cc1. The summed E-state index contributed by atoms with van der Waals surface area (Å²) < 4.78 is 44.7. The summed E-state index contributed by atoms with van der Waals surface area (Å²) in [5, 5.41) is 2.80. The van der Waals surface area contributed by atoms with Crippen molar-refractivity contribution in [3.8, 4) is 0 Å². The second-order valence-corrected chi connectivity index (χ2v) is 9.37. The number of nitrogens with zero attached hydrogens (tertiary/aromatic N) is 3. The zero-order chi connectivity index (χ0) is 27.3. The van der Waals surface area contributed by atoms with Gasteiger partial charge in [0.1, 0.15) is 0 Å². The van der Waals surface area contributed by atoms with Gasteiger partial charge in [0, 0.05) is 51.5 Å². The van der Waals surface area contributed by atoms with Gasteiger partial charge in [0.25, 0.3) is 0 Å². The fraction of sp³-hybridized carbons (Fsp3) is 0.429.